The first-order valence-corrected chi connectivity index (χ1v) is 7.73. The molecule has 1 heterocycles. The van der Waals surface area contributed by atoms with Gasteiger partial charge in [-0.2, -0.15) is 0 Å². The Kier molecular flexibility index (Phi) is 4.15. The molecule has 1 aliphatic heterocycles. The van der Waals surface area contributed by atoms with Crippen LogP contribution in [0.4, 0.5) is 0 Å². The lowest BCUT2D eigenvalue weighted by Crippen LogP contribution is -2.45. The van der Waals surface area contributed by atoms with Crippen LogP contribution in [0.15, 0.2) is 24.3 Å². The van der Waals surface area contributed by atoms with Gasteiger partial charge in [-0.25, -0.2) is 0 Å². The average Bonchev–Trinajstić information content (AvgIpc) is 3.38. The number of benzene rings is 1. The van der Waals surface area contributed by atoms with Gasteiger partial charge in [-0.1, -0.05) is 12.1 Å². The van der Waals surface area contributed by atoms with Gasteiger partial charge in [-0.15, -0.1) is 0 Å². The van der Waals surface area contributed by atoms with Crippen molar-refractivity contribution in [3.8, 4) is 5.75 Å². The van der Waals surface area contributed by atoms with Gasteiger partial charge < -0.3 is 14.8 Å². The van der Waals surface area contributed by atoms with Crippen LogP contribution in [-0.2, 0) is 14.9 Å². The molecule has 4 nitrogen and oxygen atoms in total. The minimum Gasteiger partial charge on any atom is -0.497 e. The van der Waals surface area contributed by atoms with Crippen LogP contribution >= 0.6 is 0 Å². The van der Waals surface area contributed by atoms with Crippen LogP contribution in [0.1, 0.15) is 31.2 Å². The zero-order chi connectivity index (χ0) is 14.7. The van der Waals surface area contributed by atoms with E-state index in [1.807, 2.05) is 12.1 Å². The number of carbonyl (C=O) groups is 1. The van der Waals surface area contributed by atoms with Gasteiger partial charge in [0.05, 0.1) is 7.11 Å². The highest BCUT2D eigenvalue weighted by atomic mass is 16.5. The lowest BCUT2D eigenvalue weighted by atomic mass is 9.74. The number of rotatable bonds is 5. The van der Waals surface area contributed by atoms with E-state index >= 15 is 0 Å². The second kappa shape index (κ2) is 6.06. The molecule has 1 amide bonds. The lowest BCUT2D eigenvalue weighted by molar-refractivity contribution is -0.122. The van der Waals surface area contributed by atoms with Gasteiger partial charge >= 0.3 is 0 Å². The van der Waals surface area contributed by atoms with Gasteiger partial charge in [0.25, 0.3) is 0 Å². The summed E-state index contributed by atoms with van der Waals surface area (Å²) in [5.74, 6) is 1.34. The van der Waals surface area contributed by atoms with E-state index < -0.39 is 0 Å². The Labute approximate surface area is 125 Å². The minimum absolute atomic E-state index is 0.00489. The van der Waals surface area contributed by atoms with Crippen molar-refractivity contribution in [2.24, 2.45) is 5.92 Å². The zero-order valence-corrected chi connectivity index (χ0v) is 12.6. The molecule has 1 aromatic carbocycles. The Morgan fingerprint density at radius 2 is 1.95 bits per heavy atom. The third-order valence-corrected chi connectivity index (χ3v) is 4.70. The van der Waals surface area contributed by atoms with E-state index in [0.29, 0.717) is 6.54 Å². The maximum absolute atomic E-state index is 12.0. The van der Waals surface area contributed by atoms with Crippen molar-refractivity contribution in [1.29, 1.82) is 0 Å². The molecule has 0 atom stereocenters. The topological polar surface area (TPSA) is 47.6 Å². The highest BCUT2D eigenvalue weighted by Gasteiger charge is 2.37. The Balaban J connectivity index is 1.75. The van der Waals surface area contributed by atoms with Crippen molar-refractivity contribution in [1.82, 2.24) is 5.32 Å². The summed E-state index contributed by atoms with van der Waals surface area (Å²) in [7, 11) is 1.68. The third-order valence-electron chi connectivity index (χ3n) is 4.70. The van der Waals surface area contributed by atoms with Gasteiger partial charge in [-0.05, 0) is 43.4 Å². The third kappa shape index (κ3) is 3.21. The molecule has 1 N–H and O–H groups in total. The molecule has 0 radical (unpaired) electrons. The molecule has 1 aromatic rings. The second-order valence-electron chi connectivity index (χ2n) is 6.11. The van der Waals surface area contributed by atoms with Gasteiger partial charge in [0, 0.05) is 31.1 Å². The van der Waals surface area contributed by atoms with E-state index in [-0.39, 0.29) is 17.2 Å². The van der Waals surface area contributed by atoms with Crippen molar-refractivity contribution in [3.63, 3.8) is 0 Å². The molecule has 4 heteroatoms. The number of hydrogen-bond donors (Lipinski definition) is 1. The fourth-order valence-electron chi connectivity index (χ4n) is 3.02. The van der Waals surface area contributed by atoms with Crippen LogP contribution in [0.3, 0.4) is 0 Å². The SMILES string of the molecule is COc1ccc(C2(CNC(=O)C3CC3)CCOCC2)cc1. The molecule has 2 fully saturated rings. The van der Waals surface area contributed by atoms with Crippen molar-refractivity contribution in [3.05, 3.63) is 29.8 Å². The minimum atomic E-state index is -0.00489. The molecule has 0 aromatic heterocycles. The maximum Gasteiger partial charge on any atom is 0.223 e. The summed E-state index contributed by atoms with van der Waals surface area (Å²) in [5.41, 5.74) is 1.26. The smallest absolute Gasteiger partial charge is 0.223 e. The Morgan fingerprint density at radius 3 is 2.52 bits per heavy atom. The first kappa shape index (κ1) is 14.4. The summed E-state index contributed by atoms with van der Waals surface area (Å²) < 4.78 is 10.8. The number of ether oxygens (including phenoxy) is 2. The number of methoxy groups -OCH3 is 1. The molecule has 0 bridgehead atoms. The fraction of sp³-hybridized carbons (Fsp3) is 0.588. The van der Waals surface area contributed by atoms with Crippen molar-refractivity contribution in [2.45, 2.75) is 31.1 Å². The van der Waals surface area contributed by atoms with E-state index in [9.17, 15) is 4.79 Å². The molecule has 1 saturated heterocycles. The fourth-order valence-corrected chi connectivity index (χ4v) is 3.02. The molecule has 2 aliphatic rings. The maximum atomic E-state index is 12.0. The van der Waals surface area contributed by atoms with E-state index in [1.165, 1.54) is 5.56 Å². The largest absolute Gasteiger partial charge is 0.497 e. The highest BCUT2D eigenvalue weighted by Crippen LogP contribution is 2.36. The van der Waals surface area contributed by atoms with E-state index in [2.05, 4.69) is 17.4 Å². The van der Waals surface area contributed by atoms with E-state index in [4.69, 9.17) is 9.47 Å². The van der Waals surface area contributed by atoms with Crippen LogP contribution in [0.25, 0.3) is 0 Å². The van der Waals surface area contributed by atoms with Crippen molar-refractivity contribution < 1.29 is 14.3 Å². The van der Waals surface area contributed by atoms with Crippen LogP contribution in [0.5, 0.6) is 5.75 Å². The van der Waals surface area contributed by atoms with Crippen LogP contribution in [0, 0.1) is 5.92 Å². The number of nitrogens with one attached hydrogen (secondary N) is 1. The summed E-state index contributed by atoms with van der Waals surface area (Å²) in [6.07, 6.45) is 3.99. The quantitative estimate of drug-likeness (QED) is 0.904. The summed E-state index contributed by atoms with van der Waals surface area (Å²) in [4.78, 5) is 12.0. The predicted octanol–water partition coefficient (Wildman–Crippen LogP) is 2.27. The van der Waals surface area contributed by atoms with E-state index in [0.717, 1.165) is 44.6 Å². The van der Waals surface area contributed by atoms with Crippen LogP contribution < -0.4 is 10.1 Å². The molecule has 0 spiro atoms. The summed E-state index contributed by atoms with van der Waals surface area (Å²) >= 11 is 0. The Bertz CT molecular complexity index is 487. The summed E-state index contributed by atoms with van der Waals surface area (Å²) in [5, 5.41) is 3.16. The molecular formula is C17H23NO3. The Morgan fingerprint density at radius 1 is 1.29 bits per heavy atom. The summed E-state index contributed by atoms with van der Waals surface area (Å²) in [6.45, 7) is 2.22. The molecule has 21 heavy (non-hydrogen) atoms. The van der Waals surface area contributed by atoms with E-state index in [1.54, 1.807) is 7.11 Å². The normalized spacial score (nSPS) is 20.8. The predicted molar refractivity (Wildman–Crippen MR) is 80.5 cm³/mol. The molecule has 1 saturated carbocycles. The second-order valence-corrected chi connectivity index (χ2v) is 6.11. The van der Waals surface area contributed by atoms with Gasteiger partial charge in [0.15, 0.2) is 0 Å². The van der Waals surface area contributed by atoms with Crippen molar-refractivity contribution >= 4 is 5.91 Å². The first-order chi connectivity index (χ1) is 10.2. The molecule has 0 unspecified atom stereocenters. The van der Waals surface area contributed by atoms with Gasteiger partial charge in [0.1, 0.15) is 5.75 Å². The van der Waals surface area contributed by atoms with Gasteiger partial charge in [0.2, 0.25) is 5.91 Å². The first-order valence-electron chi connectivity index (χ1n) is 7.73. The van der Waals surface area contributed by atoms with Crippen LogP contribution in [0.2, 0.25) is 0 Å². The average molecular weight is 289 g/mol. The van der Waals surface area contributed by atoms with Crippen molar-refractivity contribution in [2.75, 3.05) is 26.9 Å². The molecular weight excluding hydrogens is 266 g/mol. The summed E-state index contributed by atoms with van der Waals surface area (Å²) in [6, 6.07) is 8.23. The number of carbonyl (C=O) groups excluding carboxylic acids is 1. The number of hydrogen-bond acceptors (Lipinski definition) is 3. The molecule has 114 valence electrons. The monoisotopic (exact) mass is 289 g/mol. The lowest BCUT2D eigenvalue weighted by Gasteiger charge is -2.38. The zero-order valence-electron chi connectivity index (χ0n) is 12.6. The number of amides is 1. The van der Waals surface area contributed by atoms with Crippen LogP contribution in [-0.4, -0.2) is 32.8 Å². The molecule has 3 rings (SSSR count). The Hall–Kier alpha value is -1.55. The molecule has 1 aliphatic carbocycles. The standard InChI is InChI=1S/C17H23NO3/c1-20-15-6-4-14(5-7-15)17(8-10-21-11-9-17)12-18-16(19)13-2-3-13/h4-7,13H,2-3,8-12H2,1H3,(H,18,19). The highest BCUT2D eigenvalue weighted by molar-refractivity contribution is 5.80. The van der Waals surface area contributed by atoms with Gasteiger partial charge in [-0.3, -0.25) is 4.79 Å².